The van der Waals surface area contributed by atoms with E-state index >= 15 is 0 Å². The van der Waals surface area contributed by atoms with Crippen molar-refractivity contribution < 1.29 is 19.4 Å². The first-order chi connectivity index (χ1) is 16.5. The van der Waals surface area contributed by atoms with Crippen molar-refractivity contribution in [3.63, 3.8) is 0 Å². The van der Waals surface area contributed by atoms with Gasteiger partial charge < -0.3 is 9.84 Å². The Morgan fingerprint density at radius 2 is 1.88 bits per heavy atom. The number of carboxylic acid groups (broad SMARTS) is 1. The molecule has 0 spiro atoms. The van der Waals surface area contributed by atoms with Crippen LogP contribution in [0.15, 0.2) is 48.5 Å². The molecule has 5 atom stereocenters. The van der Waals surface area contributed by atoms with Crippen LogP contribution in [0.5, 0.6) is 5.75 Å². The van der Waals surface area contributed by atoms with Crippen LogP contribution in [0.4, 0.5) is 0 Å². The van der Waals surface area contributed by atoms with E-state index in [9.17, 15) is 14.7 Å². The van der Waals surface area contributed by atoms with Gasteiger partial charge in [0.1, 0.15) is 18.1 Å². The molecule has 2 aromatic carbocycles. The maximum absolute atomic E-state index is 13.0. The van der Waals surface area contributed by atoms with Crippen molar-refractivity contribution in [1.82, 2.24) is 0 Å². The standard InChI is InChI=1S/C28H32O4.C2H6/c1-28-14-13-23-22-11-9-21(32-17-18-5-3-2-4-6-18)15-19(22)7-10-24(23)27(28)20(16-25(28)29)8-12-26(30)31;1-2/h2-6,9,11,15,20,23-24,27H,7-8,10,12-14,16-17H2,1H3,(H,30,31);1-2H3. The molecule has 2 aromatic rings. The smallest absolute Gasteiger partial charge is 0.303 e. The molecule has 3 aliphatic rings. The van der Waals surface area contributed by atoms with E-state index in [-0.39, 0.29) is 17.8 Å². The van der Waals surface area contributed by atoms with Crippen molar-refractivity contribution in [2.24, 2.45) is 23.2 Å². The molecule has 182 valence electrons. The van der Waals surface area contributed by atoms with Gasteiger partial charge in [0.25, 0.3) is 0 Å². The Morgan fingerprint density at radius 3 is 2.62 bits per heavy atom. The fraction of sp³-hybridized carbons (Fsp3) is 0.533. The number of aliphatic carboxylic acids is 1. The average molecular weight is 463 g/mol. The van der Waals surface area contributed by atoms with Crippen LogP contribution < -0.4 is 4.74 Å². The van der Waals surface area contributed by atoms with Crippen LogP contribution in [0, 0.1) is 23.2 Å². The van der Waals surface area contributed by atoms with E-state index in [0.29, 0.717) is 43.0 Å². The first kappa shape index (κ1) is 24.5. The quantitative estimate of drug-likeness (QED) is 0.512. The molecule has 0 bridgehead atoms. The van der Waals surface area contributed by atoms with Crippen molar-refractivity contribution >= 4 is 11.8 Å². The predicted molar refractivity (Wildman–Crippen MR) is 134 cm³/mol. The number of aryl methyl sites for hydroxylation is 1. The van der Waals surface area contributed by atoms with Crippen molar-refractivity contribution in [1.29, 1.82) is 0 Å². The monoisotopic (exact) mass is 462 g/mol. The highest BCUT2D eigenvalue weighted by molar-refractivity contribution is 5.87. The van der Waals surface area contributed by atoms with Crippen LogP contribution in [-0.2, 0) is 22.6 Å². The predicted octanol–water partition coefficient (Wildman–Crippen LogP) is 6.81. The van der Waals surface area contributed by atoms with Gasteiger partial charge in [0.05, 0.1) is 0 Å². The fourth-order valence-corrected chi connectivity index (χ4v) is 7.02. The summed E-state index contributed by atoms with van der Waals surface area (Å²) in [4.78, 5) is 24.2. The molecule has 3 aliphatic carbocycles. The van der Waals surface area contributed by atoms with Crippen LogP contribution in [0.1, 0.15) is 81.9 Å². The van der Waals surface area contributed by atoms with Crippen molar-refractivity contribution in [2.45, 2.75) is 78.2 Å². The third-order valence-corrected chi connectivity index (χ3v) is 8.52. The SMILES string of the molecule is CC.CC12CCC3c4ccc(OCc5ccccc5)cc4CCC3C1C(CCC(=O)O)CC2=O. The molecular formula is C30H38O4. The van der Waals surface area contributed by atoms with Crippen LogP contribution in [0.2, 0.25) is 0 Å². The van der Waals surface area contributed by atoms with Gasteiger partial charge in [-0.3, -0.25) is 9.59 Å². The molecule has 0 heterocycles. The number of rotatable bonds is 6. The maximum Gasteiger partial charge on any atom is 0.303 e. The molecule has 0 amide bonds. The van der Waals surface area contributed by atoms with E-state index in [1.54, 1.807) is 0 Å². The Balaban J connectivity index is 0.00000133. The normalized spacial score (nSPS) is 29.2. The summed E-state index contributed by atoms with van der Waals surface area (Å²) >= 11 is 0. The third-order valence-electron chi connectivity index (χ3n) is 8.52. The van der Waals surface area contributed by atoms with E-state index in [4.69, 9.17) is 4.74 Å². The van der Waals surface area contributed by atoms with Crippen molar-refractivity contribution in [3.8, 4) is 5.75 Å². The van der Waals surface area contributed by atoms with E-state index < -0.39 is 5.97 Å². The molecule has 0 radical (unpaired) electrons. The molecular weight excluding hydrogens is 424 g/mol. The second-order valence-corrected chi connectivity index (χ2v) is 10.2. The Labute approximate surface area is 203 Å². The highest BCUT2D eigenvalue weighted by Crippen LogP contribution is 2.62. The van der Waals surface area contributed by atoms with Gasteiger partial charge in [-0.1, -0.05) is 57.2 Å². The van der Waals surface area contributed by atoms with Gasteiger partial charge in [0.2, 0.25) is 0 Å². The van der Waals surface area contributed by atoms with Crippen LogP contribution >= 0.6 is 0 Å². The summed E-state index contributed by atoms with van der Waals surface area (Å²) < 4.78 is 6.06. The van der Waals surface area contributed by atoms with Crippen LogP contribution in [0.25, 0.3) is 0 Å². The maximum atomic E-state index is 13.0. The molecule has 0 saturated heterocycles. The lowest BCUT2D eigenvalue weighted by molar-refractivity contribution is -0.137. The number of Topliss-reactive ketones (excluding diaryl/α,β-unsaturated/α-hetero) is 1. The summed E-state index contributed by atoms with van der Waals surface area (Å²) in [6.45, 7) is 6.73. The van der Waals surface area contributed by atoms with Gasteiger partial charge in [-0.25, -0.2) is 0 Å². The first-order valence-electron chi connectivity index (χ1n) is 13.0. The Bertz CT molecular complexity index is 1010. The summed E-state index contributed by atoms with van der Waals surface area (Å²) in [6.07, 6.45) is 5.42. The second-order valence-electron chi connectivity index (χ2n) is 10.2. The molecule has 0 aliphatic heterocycles. The summed E-state index contributed by atoms with van der Waals surface area (Å²) in [5.74, 6) is 2.01. The zero-order valence-corrected chi connectivity index (χ0v) is 20.8. The lowest BCUT2D eigenvalue weighted by atomic mass is 9.54. The average Bonchev–Trinajstić information content (AvgIpc) is 3.12. The lowest BCUT2D eigenvalue weighted by Crippen LogP contribution is -2.44. The van der Waals surface area contributed by atoms with Gasteiger partial charge in [-0.15, -0.1) is 0 Å². The Hall–Kier alpha value is -2.62. The second kappa shape index (κ2) is 10.3. The molecule has 5 rings (SSSR count). The Morgan fingerprint density at radius 1 is 1.12 bits per heavy atom. The van der Waals surface area contributed by atoms with E-state index in [0.717, 1.165) is 37.0 Å². The molecule has 5 unspecified atom stereocenters. The van der Waals surface area contributed by atoms with E-state index in [1.165, 1.54) is 11.1 Å². The number of fused-ring (bicyclic) bond motifs is 5. The van der Waals surface area contributed by atoms with Crippen molar-refractivity contribution in [2.75, 3.05) is 0 Å². The molecule has 0 aromatic heterocycles. The zero-order chi connectivity index (χ0) is 24.3. The number of hydrogen-bond donors (Lipinski definition) is 1. The van der Waals surface area contributed by atoms with Crippen LogP contribution in [0.3, 0.4) is 0 Å². The first-order valence-corrected chi connectivity index (χ1v) is 13.0. The van der Waals surface area contributed by atoms with Gasteiger partial charge in [-0.05, 0) is 84.6 Å². The minimum atomic E-state index is -0.754. The van der Waals surface area contributed by atoms with Gasteiger partial charge in [0.15, 0.2) is 0 Å². The number of hydrogen-bond acceptors (Lipinski definition) is 3. The van der Waals surface area contributed by atoms with Crippen LogP contribution in [-0.4, -0.2) is 16.9 Å². The summed E-state index contributed by atoms with van der Waals surface area (Å²) in [5.41, 5.74) is 3.70. The molecule has 4 nitrogen and oxygen atoms in total. The third kappa shape index (κ3) is 4.64. The highest BCUT2D eigenvalue weighted by Gasteiger charge is 2.58. The molecule has 2 fully saturated rings. The Kier molecular flexibility index (Phi) is 7.45. The number of carbonyl (C=O) groups is 2. The lowest BCUT2D eigenvalue weighted by Gasteiger charge is -2.50. The van der Waals surface area contributed by atoms with Gasteiger partial charge >= 0.3 is 5.97 Å². The van der Waals surface area contributed by atoms with Gasteiger partial charge in [-0.2, -0.15) is 0 Å². The molecule has 1 N–H and O–H groups in total. The number of carboxylic acids is 1. The number of ether oxygens (including phenoxy) is 1. The van der Waals surface area contributed by atoms with E-state index in [2.05, 4.69) is 37.3 Å². The number of benzene rings is 2. The summed E-state index contributed by atoms with van der Waals surface area (Å²) in [5, 5.41) is 9.21. The summed E-state index contributed by atoms with van der Waals surface area (Å²) in [6, 6.07) is 16.8. The number of ketones is 1. The molecule has 34 heavy (non-hydrogen) atoms. The topological polar surface area (TPSA) is 63.6 Å². The van der Waals surface area contributed by atoms with Crippen molar-refractivity contribution in [3.05, 3.63) is 65.2 Å². The molecule has 2 saturated carbocycles. The zero-order valence-electron chi connectivity index (χ0n) is 20.8. The van der Waals surface area contributed by atoms with Gasteiger partial charge in [0, 0.05) is 18.3 Å². The minimum Gasteiger partial charge on any atom is -0.489 e. The highest BCUT2D eigenvalue weighted by atomic mass is 16.5. The fourth-order valence-electron chi connectivity index (χ4n) is 7.02. The van der Waals surface area contributed by atoms with E-state index in [1.807, 2.05) is 32.0 Å². The summed E-state index contributed by atoms with van der Waals surface area (Å²) in [7, 11) is 0. The molecule has 4 heteroatoms. The minimum absolute atomic E-state index is 0.167. The largest absolute Gasteiger partial charge is 0.489 e. The number of carbonyl (C=O) groups excluding carboxylic acids is 1.